The van der Waals surface area contributed by atoms with E-state index >= 15 is 0 Å². The Hall–Kier alpha value is -2.54. The third-order valence-corrected chi connectivity index (χ3v) is 3.51. The Labute approximate surface area is 119 Å². The molecule has 0 radical (unpaired) electrons. The van der Waals surface area contributed by atoms with Crippen LogP contribution in [0.3, 0.4) is 0 Å². The van der Waals surface area contributed by atoms with Gasteiger partial charge in [0, 0.05) is 17.8 Å². The Kier molecular flexibility index (Phi) is 3.90. The summed E-state index contributed by atoms with van der Waals surface area (Å²) >= 11 is 0. The second-order valence-electron chi connectivity index (χ2n) is 4.87. The molecular formula is C16H18N4. The van der Waals surface area contributed by atoms with Gasteiger partial charge in [-0.2, -0.15) is 5.26 Å². The molecule has 0 aliphatic carbocycles. The van der Waals surface area contributed by atoms with Gasteiger partial charge in [-0.15, -0.1) is 0 Å². The van der Waals surface area contributed by atoms with E-state index in [1.807, 2.05) is 38.1 Å². The van der Waals surface area contributed by atoms with Gasteiger partial charge in [-0.1, -0.05) is 6.08 Å². The van der Waals surface area contributed by atoms with Crippen LogP contribution >= 0.6 is 0 Å². The van der Waals surface area contributed by atoms with E-state index in [0.717, 1.165) is 23.1 Å². The lowest BCUT2D eigenvalue weighted by atomic mass is 9.98. The maximum absolute atomic E-state index is 9.37. The zero-order valence-corrected chi connectivity index (χ0v) is 11.8. The average Bonchev–Trinajstić information content (AvgIpc) is 2.46. The van der Waals surface area contributed by atoms with Gasteiger partial charge in [-0.3, -0.25) is 4.99 Å². The fraction of sp³-hybridized carbons (Fsp3) is 0.250. The largest absolute Gasteiger partial charge is 0.398 e. The highest BCUT2D eigenvalue weighted by Crippen LogP contribution is 2.23. The topological polar surface area (TPSA) is 88.2 Å². The van der Waals surface area contributed by atoms with Crippen LogP contribution in [0.2, 0.25) is 0 Å². The van der Waals surface area contributed by atoms with Crippen molar-refractivity contribution >= 4 is 17.1 Å². The SMILES string of the molecule is Cc1cc(/C(N)=C(\C#N)C2=NCCC=C2)cc(N)c1C. The second kappa shape index (κ2) is 5.62. The van der Waals surface area contributed by atoms with Crippen LogP contribution in [0.15, 0.2) is 34.9 Å². The molecule has 4 nitrogen and oxygen atoms in total. The van der Waals surface area contributed by atoms with Gasteiger partial charge in [0.15, 0.2) is 0 Å². The van der Waals surface area contributed by atoms with Crippen molar-refractivity contribution in [1.82, 2.24) is 0 Å². The first-order valence-electron chi connectivity index (χ1n) is 6.53. The van der Waals surface area contributed by atoms with Gasteiger partial charge in [-0.05, 0) is 49.6 Å². The van der Waals surface area contributed by atoms with Crippen molar-refractivity contribution in [3.63, 3.8) is 0 Å². The Morgan fingerprint density at radius 3 is 2.65 bits per heavy atom. The molecule has 0 amide bonds. The molecule has 1 heterocycles. The first-order chi connectivity index (χ1) is 9.54. The predicted octanol–water partition coefficient (Wildman–Crippen LogP) is 2.48. The standard InChI is InChI=1S/C16H18N4/c1-10-7-12(8-14(18)11(10)2)16(19)13(9-17)15-5-3-4-6-20-15/h3,5,7-8H,4,6,18-19H2,1-2H3/b16-13-. The molecule has 1 aromatic carbocycles. The van der Waals surface area contributed by atoms with E-state index in [1.54, 1.807) is 0 Å². The van der Waals surface area contributed by atoms with Gasteiger partial charge in [0.05, 0.1) is 11.4 Å². The molecular weight excluding hydrogens is 248 g/mol. The normalized spacial score (nSPS) is 15.3. The lowest BCUT2D eigenvalue weighted by Crippen LogP contribution is -2.11. The number of hydrogen-bond acceptors (Lipinski definition) is 4. The van der Waals surface area contributed by atoms with Crippen LogP contribution in [0, 0.1) is 25.2 Å². The number of aryl methyl sites for hydroxylation is 1. The Balaban J connectivity index is 2.55. The van der Waals surface area contributed by atoms with Crippen LogP contribution < -0.4 is 11.5 Å². The Bertz CT molecular complexity index is 649. The first kappa shape index (κ1) is 13.9. The summed E-state index contributed by atoms with van der Waals surface area (Å²) in [6, 6.07) is 5.91. The molecule has 1 aliphatic heterocycles. The number of dihydropyridines is 1. The number of benzene rings is 1. The van der Waals surface area contributed by atoms with Crippen molar-refractivity contribution in [3.8, 4) is 6.07 Å². The highest BCUT2D eigenvalue weighted by molar-refractivity contribution is 6.15. The zero-order valence-electron chi connectivity index (χ0n) is 11.8. The molecule has 20 heavy (non-hydrogen) atoms. The van der Waals surface area contributed by atoms with Crippen LogP contribution in [0.5, 0.6) is 0 Å². The van der Waals surface area contributed by atoms with Crippen molar-refractivity contribution in [2.75, 3.05) is 12.3 Å². The minimum atomic E-state index is 0.406. The fourth-order valence-electron chi connectivity index (χ4n) is 2.11. The van der Waals surface area contributed by atoms with Crippen LogP contribution in [-0.4, -0.2) is 12.3 Å². The lowest BCUT2D eigenvalue weighted by Gasteiger charge is -2.12. The number of anilines is 1. The van der Waals surface area contributed by atoms with Crippen molar-refractivity contribution in [3.05, 3.63) is 46.5 Å². The predicted molar refractivity (Wildman–Crippen MR) is 83.1 cm³/mol. The number of allylic oxidation sites excluding steroid dienone is 2. The second-order valence-corrected chi connectivity index (χ2v) is 4.87. The summed E-state index contributed by atoms with van der Waals surface area (Å²) in [4.78, 5) is 4.35. The Morgan fingerprint density at radius 2 is 2.10 bits per heavy atom. The van der Waals surface area contributed by atoms with Gasteiger partial charge >= 0.3 is 0 Å². The monoisotopic (exact) mass is 266 g/mol. The van der Waals surface area contributed by atoms with Crippen molar-refractivity contribution in [1.29, 1.82) is 5.26 Å². The lowest BCUT2D eigenvalue weighted by molar-refractivity contribution is 0.994. The maximum Gasteiger partial charge on any atom is 0.104 e. The zero-order chi connectivity index (χ0) is 14.7. The summed E-state index contributed by atoms with van der Waals surface area (Å²) < 4.78 is 0. The number of hydrogen-bond donors (Lipinski definition) is 2. The van der Waals surface area contributed by atoms with Crippen molar-refractivity contribution in [2.45, 2.75) is 20.3 Å². The molecule has 0 bridgehead atoms. The smallest absolute Gasteiger partial charge is 0.104 e. The highest BCUT2D eigenvalue weighted by Gasteiger charge is 2.13. The van der Waals surface area contributed by atoms with E-state index in [2.05, 4.69) is 11.1 Å². The molecule has 0 fully saturated rings. The molecule has 4 heteroatoms. The third-order valence-electron chi connectivity index (χ3n) is 3.51. The molecule has 102 valence electrons. The van der Waals surface area contributed by atoms with Gasteiger partial charge < -0.3 is 11.5 Å². The van der Waals surface area contributed by atoms with E-state index < -0.39 is 0 Å². The summed E-state index contributed by atoms with van der Waals surface area (Å²) in [5, 5.41) is 9.37. The van der Waals surface area contributed by atoms with Crippen LogP contribution in [0.1, 0.15) is 23.1 Å². The quantitative estimate of drug-likeness (QED) is 0.636. The van der Waals surface area contributed by atoms with E-state index in [4.69, 9.17) is 11.5 Å². The highest BCUT2D eigenvalue weighted by atomic mass is 14.7. The van der Waals surface area contributed by atoms with Crippen molar-refractivity contribution in [2.24, 2.45) is 10.7 Å². The van der Waals surface area contributed by atoms with E-state index in [9.17, 15) is 5.26 Å². The number of nitrogen functional groups attached to an aromatic ring is 1. The van der Waals surface area contributed by atoms with Gasteiger partial charge in [0.25, 0.3) is 0 Å². The van der Waals surface area contributed by atoms with E-state index in [-0.39, 0.29) is 0 Å². The molecule has 1 aromatic rings. The molecule has 4 N–H and O–H groups in total. The van der Waals surface area contributed by atoms with Crippen LogP contribution in [0.25, 0.3) is 5.70 Å². The van der Waals surface area contributed by atoms with Crippen molar-refractivity contribution < 1.29 is 0 Å². The summed E-state index contributed by atoms with van der Waals surface area (Å²) in [5.74, 6) is 0. The number of nitriles is 1. The summed E-state index contributed by atoms with van der Waals surface area (Å²) in [5.41, 5.74) is 17.1. The summed E-state index contributed by atoms with van der Waals surface area (Å²) in [6.45, 7) is 4.64. The molecule has 0 atom stereocenters. The number of nitrogens with two attached hydrogens (primary N) is 2. The molecule has 0 unspecified atom stereocenters. The van der Waals surface area contributed by atoms with E-state index in [0.29, 0.717) is 29.2 Å². The van der Waals surface area contributed by atoms with Crippen LogP contribution in [-0.2, 0) is 0 Å². The molecule has 0 spiro atoms. The van der Waals surface area contributed by atoms with Crippen LogP contribution in [0.4, 0.5) is 5.69 Å². The summed E-state index contributed by atoms with van der Waals surface area (Å²) in [6.07, 6.45) is 4.75. The minimum absolute atomic E-state index is 0.406. The van der Waals surface area contributed by atoms with Gasteiger partial charge in [-0.25, -0.2) is 0 Å². The number of aliphatic imine (C=N–C) groups is 1. The third kappa shape index (κ3) is 2.57. The first-order valence-corrected chi connectivity index (χ1v) is 6.53. The minimum Gasteiger partial charge on any atom is -0.398 e. The Morgan fingerprint density at radius 1 is 1.35 bits per heavy atom. The molecule has 0 aromatic heterocycles. The number of rotatable bonds is 2. The van der Waals surface area contributed by atoms with E-state index in [1.165, 1.54) is 0 Å². The molecule has 1 aliphatic rings. The average molecular weight is 266 g/mol. The van der Waals surface area contributed by atoms with Gasteiger partial charge in [0.2, 0.25) is 0 Å². The molecule has 0 saturated carbocycles. The van der Waals surface area contributed by atoms with Gasteiger partial charge in [0.1, 0.15) is 11.6 Å². The fourth-order valence-corrected chi connectivity index (χ4v) is 2.11. The summed E-state index contributed by atoms with van der Waals surface area (Å²) in [7, 11) is 0. The number of nitrogens with zero attached hydrogens (tertiary/aromatic N) is 2. The molecule has 2 rings (SSSR count). The molecule has 0 saturated heterocycles. The maximum atomic E-state index is 9.37.